The Bertz CT molecular complexity index is 736. The summed E-state index contributed by atoms with van der Waals surface area (Å²) in [6.07, 6.45) is 0. The summed E-state index contributed by atoms with van der Waals surface area (Å²) in [6, 6.07) is 3.43. The molecule has 8 heteroatoms. The third kappa shape index (κ3) is 2.69. The summed E-state index contributed by atoms with van der Waals surface area (Å²) in [5.74, 6) is -0.493. The van der Waals surface area contributed by atoms with Gasteiger partial charge >= 0.3 is 5.69 Å². The van der Waals surface area contributed by atoms with Gasteiger partial charge in [-0.2, -0.15) is 5.10 Å². The molecular weight excluding hydrogens is 276 g/mol. The van der Waals surface area contributed by atoms with E-state index in [1.54, 1.807) is 7.05 Å². The molecule has 0 spiro atoms. The Kier molecular flexibility index (Phi) is 3.62. The molecular formula is C13H14N4O4. The Labute approximate surface area is 120 Å². The smallest absolute Gasteiger partial charge is 0.310 e. The van der Waals surface area contributed by atoms with Gasteiger partial charge < -0.3 is 10.4 Å². The van der Waals surface area contributed by atoms with E-state index in [0.717, 1.165) is 23.4 Å². The number of nitrogens with one attached hydrogen (secondary N) is 1. The minimum Gasteiger partial charge on any atom is -0.502 e. The zero-order chi connectivity index (χ0) is 15.7. The molecule has 1 aromatic carbocycles. The first-order valence-corrected chi connectivity index (χ1v) is 6.10. The molecule has 0 aliphatic heterocycles. The Morgan fingerprint density at radius 2 is 2.10 bits per heavy atom. The molecule has 1 amide bonds. The molecule has 0 atom stereocenters. The van der Waals surface area contributed by atoms with E-state index in [2.05, 4.69) is 10.4 Å². The number of phenols is 1. The van der Waals surface area contributed by atoms with Crippen LogP contribution in [0.4, 0.5) is 11.5 Å². The van der Waals surface area contributed by atoms with E-state index in [9.17, 15) is 20.0 Å². The third-order valence-electron chi connectivity index (χ3n) is 3.19. The molecule has 0 unspecified atom stereocenters. The standard InChI is InChI=1S/C13H14N4O4/c1-7-8(2)15-16(3)12(7)14-13(19)9-4-5-10(17(20)21)11(18)6-9/h4-6,18H,1-3H3,(H,14,19). The molecule has 1 heterocycles. The van der Waals surface area contributed by atoms with Crippen LogP contribution in [0.25, 0.3) is 0 Å². The maximum atomic E-state index is 12.1. The van der Waals surface area contributed by atoms with Crippen molar-refractivity contribution in [2.45, 2.75) is 13.8 Å². The Morgan fingerprint density at radius 3 is 2.57 bits per heavy atom. The van der Waals surface area contributed by atoms with Crippen LogP contribution in [-0.4, -0.2) is 25.7 Å². The molecule has 0 saturated heterocycles. The first-order chi connectivity index (χ1) is 9.81. The fourth-order valence-corrected chi connectivity index (χ4v) is 1.94. The van der Waals surface area contributed by atoms with Gasteiger partial charge in [0, 0.05) is 24.2 Å². The summed E-state index contributed by atoms with van der Waals surface area (Å²) in [4.78, 5) is 22.0. The predicted octanol–water partition coefficient (Wildman–Crippen LogP) is 1.90. The van der Waals surface area contributed by atoms with Crippen molar-refractivity contribution in [3.05, 3.63) is 45.1 Å². The molecule has 1 aromatic heterocycles. The highest BCUT2D eigenvalue weighted by molar-refractivity contribution is 6.04. The SMILES string of the molecule is Cc1nn(C)c(NC(=O)c2ccc([N+](=O)[O-])c(O)c2)c1C. The first kappa shape index (κ1) is 14.5. The molecule has 21 heavy (non-hydrogen) atoms. The van der Waals surface area contributed by atoms with E-state index in [0.29, 0.717) is 5.82 Å². The average molecular weight is 290 g/mol. The van der Waals surface area contributed by atoms with E-state index in [4.69, 9.17) is 0 Å². The van der Waals surface area contributed by atoms with E-state index >= 15 is 0 Å². The number of aryl methyl sites for hydroxylation is 2. The van der Waals surface area contributed by atoms with Crippen LogP contribution < -0.4 is 5.32 Å². The zero-order valence-electron chi connectivity index (χ0n) is 11.7. The summed E-state index contributed by atoms with van der Waals surface area (Å²) in [5.41, 5.74) is 1.30. The van der Waals surface area contributed by atoms with Crippen molar-refractivity contribution in [2.24, 2.45) is 7.05 Å². The lowest BCUT2D eigenvalue weighted by Gasteiger charge is -2.07. The molecule has 2 N–H and O–H groups in total. The van der Waals surface area contributed by atoms with Crippen LogP contribution in [0.5, 0.6) is 5.75 Å². The largest absolute Gasteiger partial charge is 0.502 e. The lowest BCUT2D eigenvalue weighted by atomic mass is 10.1. The Morgan fingerprint density at radius 1 is 1.43 bits per heavy atom. The Hall–Kier alpha value is -2.90. The molecule has 2 rings (SSSR count). The second-order valence-corrected chi connectivity index (χ2v) is 4.60. The number of hydrogen-bond donors (Lipinski definition) is 2. The molecule has 0 aliphatic rings. The van der Waals surface area contributed by atoms with Crippen LogP contribution in [-0.2, 0) is 7.05 Å². The van der Waals surface area contributed by atoms with Gasteiger partial charge in [0.25, 0.3) is 5.91 Å². The maximum absolute atomic E-state index is 12.1. The van der Waals surface area contributed by atoms with Gasteiger partial charge in [-0.3, -0.25) is 19.6 Å². The number of benzene rings is 1. The number of hydrogen-bond acceptors (Lipinski definition) is 5. The van der Waals surface area contributed by atoms with Crippen LogP contribution in [0.3, 0.4) is 0 Å². The third-order valence-corrected chi connectivity index (χ3v) is 3.19. The number of rotatable bonds is 3. The normalized spacial score (nSPS) is 10.4. The van der Waals surface area contributed by atoms with Gasteiger partial charge in [-0.05, 0) is 26.0 Å². The van der Waals surface area contributed by atoms with Crippen LogP contribution in [0.15, 0.2) is 18.2 Å². The molecule has 2 aromatic rings. The highest BCUT2D eigenvalue weighted by Gasteiger charge is 2.18. The average Bonchev–Trinajstić information content (AvgIpc) is 2.64. The lowest BCUT2D eigenvalue weighted by molar-refractivity contribution is -0.385. The second-order valence-electron chi connectivity index (χ2n) is 4.60. The number of aromatic hydroxyl groups is 1. The van der Waals surface area contributed by atoms with Crippen molar-refractivity contribution in [3.63, 3.8) is 0 Å². The van der Waals surface area contributed by atoms with Crippen LogP contribution >= 0.6 is 0 Å². The molecule has 0 saturated carbocycles. The number of carbonyl (C=O) groups excluding carboxylic acids is 1. The number of anilines is 1. The number of amides is 1. The maximum Gasteiger partial charge on any atom is 0.310 e. The van der Waals surface area contributed by atoms with Crippen LogP contribution in [0.1, 0.15) is 21.6 Å². The van der Waals surface area contributed by atoms with Crippen molar-refractivity contribution >= 4 is 17.4 Å². The van der Waals surface area contributed by atoms with Gasteiger partial charge in [-0.15, -0.1) is 0 Å². The lowest BCUT2D eigenvalue weighted by Crippen LogP contribution is -2.15. The number of nitrogens with zero attached hydrogens (tertiary/aromatic N) is 3. The van der Waals surface area contributed by atoms with Gasteiger partial charge in [-0.1, -0.05) is 0 Å². The summed E-state index contributed by atoms with van der Waals surface area (Å²) in [5, 5.41) is 27.0. The number of nitro groups is 1. The number of nitro benzene ring substituents is 1. The van der Waals surface area contributed by atoms with Gasteiger partial charge in [0.1, 0.15) is 5.82 Å². The monoisotopic (exact) mass is 290 g/mol. The van der Waals surface area contributed by atoms with Crippen LogP contribution in [0, 0.1) is 24.0 Å². The minimum absolute atomic E-state index is 0.122. The number of phenolic OH excluding ortho intramolecular Hbond substituents is 1. The highest BCUT2D eigenvalue weighted by Crippen LogP contribution is 2.27. The van der Waals surface area contributed by atoms with E-state index in [1.807, 2.05) is 13.8 Å². The fourth-order valence-electron chi connectivity index (χ4n) is 1.94. The summed E-state index contributed by atoms with van der Waals surface area (Å²) in [7, 11) is 1.70. The highest BCUT2D eigenvalue weighted by atomic mass is 16.6. The molecule has 8 nitrogen and oxygen atoms in total. The van der Waals surface area contributed by atoms with Crippen molar-refractivity contribution in [2.75, 3.05) is 5.32 Å². The summed E-state index contributed by atoms with van der Waals surface area (Å²) in [6.45, 7) is 3.65. The van der Waals surface area contributed by atoms with Gasteiger partial charge in [0.05, 0.1) is 10.6 Å². The first-order valence-electron chi connectivity index (χ1n) is 6.10. The molecule has 0 aliphatic carbocycles. The van der Waals surface area contributed by atoms with E-state index < -0.39 is 22.3 Å². The number of carbonyl (C=O) groups is 1. The van der Waals surface area contributed by atoms with Crippen molar-refractivity contribution in [1.29, 1.82) is 0 Å². The number of aromatic nitrogens is 2. The van der Waals surface area contributed by atoms with Crippen molar-refractivity contribution in [3.8, 4) is 5.75 Å². The molecule has 0 bridgehead atoms. The molecule has 0 fully saturated rings. The second kappa shape index (κ2) is 5.23. The van der Waals surface area contributed by atoms with Crippen molar-refractivity contribution in [1.82, 2.24) is 9.78 Å². The Balaban J connectivity index is 2.29. The van der Waals surface area contributed by atoms with E-state index in [-0.39, 0.29) is 5.56 Å². The molecule has 0 radical (unpaired) electrons. The fraction of sp³-hybridized carbons (Fsp3) is 0.231. The van der Waals surface area contributed by atoms with Crippen LogP contribution in [0.2, 0.25) is 0 Å². The molecule has 110 valence electrons. The summed E-state index contributed by atoms with van der Waals surface area (Å²) >= 11 is 0. The van der Waals surface area contributed by atoms with E-state index in [1.165, 1.54) is 10.7 Å². The van der Waals surface area contributed by atoms with Gasteiger partial charge in [-0.25, -0.2) is 0 Å². The van der Waals surface area contributed by atoms with Crippen molar-refractivity contribution < 1.29 is 14.8 Å². The zero-order valence-corrected chi connectivity index (χ0v) is 11.7. The van der Waals surface area contributed by atoms with Gasteiger partial charge in [0.2, 0.25) is 0 Å². The predicted molar refractivity (Wildman–Crippen MR) is 75.4 cm³/mol. The van der Waals surface area contributed by atoms with Gasteiger partial charge in [0.15, 0.2) is 5.75 Å². The quantitative estimate of drug-likeness (QED) is 0.662. The summed E-state index contributed by atoms with van der Waals surface area (Å²) < 4.78 is 1.54. The minimum atomic E-state index is -0.717. The topological polar surface area (TPSA) is 110 Å².